The first-order valence-corrected chi connectivity index (χ1v) is 5.50. The number of hydrogen-bond acceptors (Lipinski definition) is 2. The average molecular weight is 250 g/mol. The summed E-state index contributed by atoms with van der Waals surface area (Å²) in [5.74, 6) is 0. The van der Waals surface area contributed by atoms with Gasteiger partial charge in [0.05, 0.1) is 5.69 Å². The standard InChI is InChI=1S/C12H12ClN3O/c1-15-10(13)8-11(16(2)12(15)17)14-9-6-4-3-5-7-9/h3-8H,1-2H3. The fourth-order valence-electron chi connectivity index (χ4n) is 1.46. The predicted octanol–water partition coefficient (Wildman–Crippen LogP) is 1.61. The van der Waals surface area contributed by atoms with Crippen molar-refractivity contribution >= 4 is 17.3 Å². The van der Waals surface area contributed by atoms with Crippen LogP contribution in [-0.4, -0.2) is 9.13 Å². The van der Waals surface area contributed by atoms with Crippen LogP contribution in [0, 0.1) is 0 Å². The second-order valence-electron chi connectivity index (χ2n) is 3.67. The van der Waals surface area contributed by atoms with Crippen LogP contribution in [-0.2, 0) is 14.1 Å². The van der Waals surface area contributed by atoms with E-state index < -0.39 is 0 Å². The molecule has 0 aliphatic rings. The van der Waals surface area contributed by atoms with Crippen molar-refractivity contribution in [2.45, 2.75) is 0 Å². The summed E-state index contributed by atoms with van der Waals surface area (Å²) in [6, 6.07) is 11.1. The molecule has 17 heavy (non-hydrogen) atoms. The molecule has 0 amide bonds. The Bertz CT molecular complexity index is 656. The van der Waals surface area contributed by atoms with Crippen LogP contribution in [0.25, 0.3) is 0 Å². The van der Waals surface area contributed by atoms with E-state index in [1.165, 1.54) is 9.13 Å². The van der Waals surface area contributed by atoms with E-state index >= 15 is 0 Å². The smallest absolute Gasteiger partial charge is 0.287 e. The summed E-state index contributed by atoms with van der Waals surface area (Å²) in [6.45, 7) is 0. The molecule has 1 aromatic carbocycles. The fourth-order valence-corrected chi connectivity index (χ4v) is 1.63. The summed E-state index contributed by atoms with van der Waals surface area (Å²) >= 11 is 5.95. The van der Waals surface area contributed by atoms with Crippen LogP contribution in [0.3, 0.4) is 0 Å². The summed E-state index contributed by atoms with van der Waals surface area (Å²) in [6.07, 6.45) is 0. The summed E-state index contributed by atoms with van der Waals surface area (Å²) in [5.41, 5.74) is 1.11. The molecule has 0 bridgehead atoms. The Morgan fingerprint density at radius 1 is 1.12 bits per heavy atom. The largest absolute Gasteiger partial charge is 0.330 e. The molecule has 5 heteroatoms. The topological polar surface area (TPSA) is 39.3 Å². The Balaban J connectivity index is 2.70. The lowest BCUT2D eigenvalue weighted by molar-refractivity contribution is 0.676. The zero-order chi connectivity index (χ0) is 12.4. The lowest BCUT2D eigenvalue weighted by Crippen LogP contribution is -2.37. The van der Waals surface area contributed by atoms with E-state index in [0.717, 1.165) is 5.69 Å². The molecule has 0 atom stereocenters. The third-order valence-corrected chi connectivity index (χ3v) is 2.85. The second kappa shape index (κ2) is 4.59. The van der Waals surface area contributed by atoms with Crippen LogP contribution >= 0.6 is 11.6 Å². The van der Waals surface area contributed by atoms with E-state index in [4.69, 9.17) is 11.6 Å². The summed E-state index contributed by atoms with van der Waals surface area (Å²) in [5, 5.41) is 0.364. The van der Waals surface area contributed by atoms with Gasteiger partial charge in [-0.2, -0.15) is 0 Å². The number of hydrogen-bond donors (Lipinski definition) is 0. The first kappa shape index (κ1) is 11.7. The summed E-state index contributed by atoms with van der Waals surface area (Å²) < 4.78 is 2.82. The van der Waals surface area contributed by atoms with Gasteiger partial charge in [-0.25, -0.2) is 9.79 Å². The first-order valence-electron chi connectivity index (χ1n) is 5.12. The SMILES string of the molecule is Cn1c(Cl)cc(=Nc2ccccc2)n(C)c1=O. The van der Waals surface area contributed by atoms with Gasteiger partial charge in [-0.1, -0.05) is 29.8 Å². The normalized spacial score (nSPS) is 11.8. The molecule has 88 valence electrons. The number of aromatic nitrogens is 2. The van der Waals surface area contributed by atoms with Gasteiger partial charge in [-0.3, -0.25) is 9.13 Å². The van der Waals surface area contributed by atoms with Crippen LogP contribution in [0.5, 0.6) is 0 Å². The Morgan fingerprint density at radius 3 is 2.41 bits per heavy atom. The highest BCUT2D eigenvalue weighted by Crippen LogP contribution is 2.08. The van der Waals surface area contributed by atoms with Crippen molar-refractivity contribution in [3.05, 3.63) is 57.5 Å². The lowest BCUT2D eigenvalue weighted by Gasteiger charge is -2.05. The molecule has 0 aliphatic carbocycles. The molecule has 0 fully saturated rings. The molecule has 0 N–H and O–H groups in total. The average Bonchev–Trinajstić information content (AvgIpc) is 2.35. The second-order valence-corrected chi connectivity index (χ2v) is 4.06. The summed E-state index contributed by atoms with van der Waals surface area (Å²) in [7, 11) is 3.29. The Kier molecular flexibility index (Phi) is 3.15. The molecular weight excluding hydrogens is 238 g/mol. The first-order chi connectivity index (χ1) is 8.09. The predicted molar refractivity (Wildman–Crippen MR) is 67.3 cm³/mol. The maximum Gasteiger partial charge on any atom is 0.330 e. The highest BCUT2D eigenvalue weighted by molar-refractivity contribution is 6.29. The molecule has 0 aliphatic heterocycles. The van der Waals surface area contributed by atoms with Gasteiger partial charge in [0.1, 0.15) is 10.6 Å². The van der Waals surface area contributed by atoms with E-state index in [1.807, 2.05) is 30.3 Å². The van der Waals surface area contributed by atoms with Crippen molar-refractivity contribution < 1.29 is 0 Å². The molecule has 0 unspecified atom stereocenters. The minimum absolute atomic E-state index is 0.202. The minimum atomic E-state index is -0.202. The molecule has 2 rings (SSSR count). The van der Waals surface area contributed by atoms with Gasteiger partial charge >= 0.3 is 5.69 Å². The van der Waals surface area contributed by atoms with E-state index in [0.29, 0.717) is 10.6 Å². The maximum atomic E-state index is 11.8. The van der Waals surface area contributed by atoms with Crippen molar-refractivity contribution in [2.24, 2.45) is 19.1 Å². The Labute approximate surface area is 103 Å². The molecule has 2 aromatic rings. The van der Waals surface area contributed by atoms with Crippen molar-refractivity contribution in [1.82, 2.24) is 9.13 Å². The maximum absolute atomic E-state index is 11.8. The Morgan fingerprint density at radius 2 is 1.76 bits per heavy atom. The van der Waals surface area contributed by atoms with Gasteiger partial charge in [0.2, 0.25) is 0 Å². The lowest BCUT2D eigenvalue weighted by atomic mass is 10.3. The fraction of sp³-hybridized carbons (Fsp3) is 0.167. The van der Waals surface area contributed by atoms with Gasteiger partial charge in [0, 0.05) is 20.2 Å². The van der Waals surface area contributed by atoms with Crippen molar-refractivity contribution in [2.75, 3.05) is 0 Å². The van der Waals surface area contributed by atoms with Gasteiger partial charge in [-0.05, 0) is 12.1 Å². The highest BCUT2D eigenvalue weighted by Gasteiger charge is 2.01. The monoisotopic (exact) mass is 249 g/mol. The number of halogens is 1. The van der Waals surface area contributed by atoms with Gasteiger partial charge in [0.25, 0.3) is 0 Å². The van der Waals surface area contributed by atoms with Crippen molar-refractivity contribution in [1.29, 1.82) is 0 Å². The third kappa shape index (κ3) is 2.31. The van der Waals surface area contributed by atoms with Gasteiger partial charge < -0.3 is 0 Å². The van der Waals surface area contributed by atoms with E-state index in [-0.39, 0.29) is 5.69 Å². The van der Waals surface area contributed by atoms with E-state index in [9.17, 15) is 4.79 Å². The molecule has 0 radical (unpaired) electrons. The van der Waals surface area contributed by atoms with Crippen LogP contribution in [0.1, 0.15) is 0 Å². The van der Waals surface area contributed by atoms with Gasteiger partial charge in [0.15, 0.2) is 0 Å². The van der Waals surface area contributed by atoms with E-state index in [2.05, 4.69) is 4.99 Å². The van der Waals surface area contributed by atoms with Crippen molar-refractivity contribution in [3.63, 3.8) is 0 Å². The highest BCUT2D eigenvalue weighted by atomic mass is 35.5. The zero-order valence-corrected chi connectivity index (χ0v) is 10.3. The molecule has 4 nitrogen and oxygen atoms in total. The number of para-hydroxylation sites is 1. The third-order valence-electron chi connectivity index (χ3n) is 2.49. The molecule has 0 saturated carbocycles. The molecule has 0 saturated heterocycles. The van der Waals surface area contributed by atoms with Crippen LogP contribution in [0.4, 0.5) is 5.69 Å². The number of nitrogens with zero attached hydrogens (tertiary/aromatic N) is 3. The molecular formula is C12H12ClN3O. The molecule has 1 heterocycles. The number of rotatable bonds is 1. The van der Waals surface area contributed by atoms with Crippen molar-refractivity contribution in [3.8, 4) is 0 Å². The Hall–Kier alpha value is -1.81. The molecule has 1 aromatic heterocycles. The van der Waals surface area contributed by atoms with Crippen LogP contribution in [0.2, 0.25) is 5.15 Å². The number of benzene rings is 1. The zero-order valence-electron chi connectivity index (χ0n) is 9.59. The van der Waals surface area contributed by atoms with Crippen LogP contribution in [0.15, 0.2) is 46.2 Å². The van der Waals surface area contributed by atoms with Gasteiger partial charge in [-0.15, -0.1) is 0 Å². The van der Waals surface area contributed by atoms with Crippen LogP contribution < -0.4 is 11.2 Å². The van der Waals surface area contributed by atoms with E-state index in [1.54, 1.807) is 20.2 Å². The molecule has 0 spiro atoms. The quantitative estimate of drug-likeness (QED) is 0.708. The minimum Gasteiger partial charge on any atom is -0.287 e. The summed E-state index contributed by atoms with van der Waals surface area (Å²) in [4.78, 5) is 16.2.